The second-order valence-corrected chi connectivity index (χ2v) is 7.97. The van der Waals surface area contributed by atoms with E-state index in [0.717, 1.165) is 27.4 Å². The van der Waals surface area contributed by atoms with E-state index in [-0.39, 0.29) is 6.04 Å². The predicted octanol–water partition coefficient (Wildman–Crippen LogP) is 4.35. The highest BCUT2D eigenvalue weighted by atomic mass is 32.1. The Labute approximate surface area is 161 Å². The molecular formula is C20H20N6S. The number of fused-ring (bicyclic) bond motifs is 1. The summed E-state index contributed by atoms with van der Waals surface area (Å²) in [7, 11) is 2.08. The van der Waals surface area contributed by atoms with Crippen LogP contribution in [0, 0.1) is 0 Å². The third kappa shape index (κ3) is 2.98. The van der Waals surface area contributed by atoms with Crippen LogP contribution in [0.1, 0.15) is 43.0 Å². The second-order valence-electron chi connectivity index (χ2n) is 7.08. The van der Waals surface area contributed by atoms with Gasteiger partial charge in [0.2, 0.25) is 0 Å². The van der Waals surface area contributed by atoms with E-state index in [1.165, 1.54) is 18.4 Å². The van der Waals surface area contributed by atoms with Gasteiger partial charge in [0.15, 0.2) is 0 Å². The molecule has 0 radical (unpaired) electrons. The minimum atomic E-state index is 0.190. The highest BCUT2D eigenvalue weighted by molar-refractivity contribution is 7.16. The molecule has 4 aromatic rings. The van der Waals surface area contributed by atoms with Crippen LogP contribution in [0.3, 0.4) is 0 Å². The Kier molecular flexibility index (Phi) is 3.89. The molecule has 3 heterocycles. The molecular weight excluding hydrogens is 356 g/mol. The number of aromatic nitrogens is 5. The Morgan fingerprint density at radius 2 is 1.96 bits per heavy atom. The topological polar surface area (TPSA) is 59.7 Å². The van der Waals surface area contributed by atoms with Gasteiger partial charge in [-0.25, -0.2) is 14.6 Å². The van der Waals surface area contributed by atoms with E-state index in [9.17, 15) is 0 Å². The van der Waals surface area contributed by atoms with Crippen LogP contribution < -0.4 is 4.90 Å². The molecule has 1 aliphatic rings. The summed E-state index contributed by atoms with van der Waals surface area (Å²) in [5.41, 5.74) is 3.37. The molecule has 7 heteroatoms. The minimum Gasteiger partial charge on any atom is -0.352 e. The first kappa shape index (κ1) is 16.4. The van der Waals surface area contributed by atoms with E-state index in [1.54, 1.807) is 17.7 Å². The van der Waals surface area contributed by atoms with Crippen LogP contribution in [0.4, 0.5) is 5.82 Å². The first-order valence-electron chi connectivity index (χ1n) is 9.14. The fraction of sp³-hybridized carbons (Fsp3) is 0.300. The summed E-state index contributed by atoms with van der Waals surface area (Å²) in [6.45, 7) is 2.19. The van der Waals surface area contributed by atoms with Crippen LogP contribution in [0.5, 0.6) is 0 Å². The predicted molar refractivity (Wildman–Crippen MR) is 108 cm³/mol. The molecule has 136 valence electrons. The number of hydrogen-bond acceptors (Lipinski definition) is 6. The zero-order valence-electron chi connectivity index (χ0n) is 15.3. The smallest absolute Gasteiger partial charge is 0.141 e. The Balaban J connectivity index is 1.39. The molecule has 0 N–H and O–H groups in total. The van der Waals surface area contributed by atoms with Gasteiger partial charge in [0.25, 0.3) is 0 Å². The van der Waals surface area contributed by atoms with Crippen LogP contribution in [0.15, 0.2) is 48.2 Å². The molecule has 1 atom stereocenters. The zero-order valence-corrected chi connectivity index (χ0v) is 16.1. The van der Waals surface area contributed by atoms with Gasteiger partial charge in [0.1, 0.15) is 17.0 Å². The summed E-state index contributed by atoms with van der Waals surface area (Å²) in [4.78, 5) is 12.1. The van der Waals surface area contributed by atoms with E-state index in [1.807, 2.05) is 4.68 Å². The maximum absolute atomic E-state index is 4.51. The first-order chi connectivity index (χ1) is 13.2. The number of hydrogen-bond donors (Lipinski definition) is 0. The summed E-state index contributed by atoms with van der Waals surface area (Å²) in [5, 5.41) is 11.7. The van der Waals surface area contributed by atoms with Gasteiger partial charge in [-0.3, -0.25) is 0 Å². The molecule has 5 rings (SSSR count). The molecule has 0 spiro atoms. The fourth-order valence-corrected chi connectivity index (χ4v) is 4.07. The summed E-state index contributed by atoms with van der Waals surface area (Å²) in [5.74, 6) is 1.58. The van der Waals surface area contributed by atoms with Gasteiger partial charge >= 0.3 is 0 Å². The molecule has 3 aromatic heterocycles. The van der Waals surface area contributed by atoms with E-state index >= 15 is 0 Å². The van der Waals surface area contributed by atoms with Crippen molar-refractivity contribution in [1.82, 2.24) is 25.0 Å². The van der Waals surface area contributed by atoms with Crippen molar-refractivity contribution in [3.63, 3.8) is 0 Å². The summed E-state index contributed by atoms with van der Waals surface area (Å²) in [6.07, 6.45) is 6.17. The largest absolute Gasteiger partial charge is 0.352 e. The van der Waals surface area contributed by atoms with Gasteiger partial charge in [-0.05, 0) is 48.9 Å². The molecule has 27 heavy (non-hydrogen) atoms. The lowest BCUT2D eigenvalue weighted by Gasteiger charge is -2.27. The monoisotopic (exact) mass is 376 g/mol. The maximum Gasteiger partial charge on any atom is 0.141 e. The number of rotatable bonds is 5. The van der Waals surface area contributed by atoms with Crippen LogP contribution in [-0.2, 0) is 0 Å². The maximum atomic E-state index is 4.51. The number of anilines is 1. The molecule has 6 nitrogen and oxygen atoms in total. The molecule has 0 amide bonds. The highest BCUT2D eigenvalue weighted by Gasteiger charge is 2.26. The molecule has 0 aliphatic heterocycles. The number of thiophene rings is 1. The van der Waals surface area contributed by atoms with Crippen LogP contribution >= 0.6 is 11.3 Å². The average molecular weight is 376 g/mol. The molecule has 1 unspecified atom stereocenters. The molecule has 1 saturated carbocycles. The van der Waals surface area contributed by atoms with E-state index in [4.69, 9.17) is 0 Å². The number of benzene rings is 1. The fourth-order valence-electron chi connectivity index (χ4n) is 3.34. The molecule has 1 fully saturated rings. The SMILES string of the molecule is CC(c1ccc(-n2cc(C3CC3)nn2)cc1)N(C)c1ncnc2sccc12. The standard InChI is InChI=1S/C20H20N6S/c1-13(25(2)19-17-9-10-27-20(17)22-12-21-19)14-5-7-16(8-6-14)26-11-18(23-24-26)15-3-4-15/h5-13,15H,3-4H2,1-2H3. The van der Waals surface area contributed by atoms with Crippen molar-refractivity contribution in [2.45, 2.75) is 31.7 Å². The number of nitrogens with zero attached hydrogens (tertiary/aromatic N) is 6. The lowest BCUT2D eigenvalue weighted by atomic mass is 10.1. The van der Waals surface area contributed by atoms with Crippen molar-refractivity contribution >= 4 is 27.4 Å². The van der Waals surface area contributed by atoms with E-state index < -0.39 is 0 Å². The molecule has 0 bridgehead atoms. The Hall–Kier alpha value is -2.80. The zero-order chi connectivity index (χ0) is 18.4. The third-order valence-corrected chi connectivity index (χ3v) is 6.12. The van der Waals surface area contributed by atoms with Crippen molar-refractivity contribution in [1.29, 1.82) is 0 Å². The van der Waals surface area contributed by atoms with Gasteiger partial charge in [-0.15, -0.1) is 16.4 Å². The minimum absolute atomic E-state index is 0.190. The van der Waals surface area contributed by atoms with Crippen LogP contribution in [-0.4, -0.2) is 32.0 Å². The van der Waals surface area contributed by atoms with E-state index in [0.29, 0.717) is 5.92 Å². The van der Waals surface area contributed by atoms with Crippen molar-refractivity contribution in [2.75, 3.05) is 11.9 Å². The highest BCUT2D eigenvalue weighted by Crippen LogP contribution is 2.38. The van der Waals surface area contributed by atoms with Gasteiger partial charge < -0.3 is 4.90 Å². The third-order valence-electron chi connectivity index (χ3n) is 5.30. The van der Waals surface area contributed by atoms with Crippen molar-refractivity contribution < 1.29 is 0 Å². The summed E-state index contributed by atoms with van der Waals surface area (Å²) < 4.78 is 1.87. The van der Waals surface area contributed by atoms with Gasteiger partial charge in [-0.1, -0.05) is 17.3 Å². The Morgan fingerprint density at radius 1 is 1.15 bits per heavy atom. The Morgan fingerprint density at radius 3 is 2.74 bits per heavy atom. The lowest BCUT2D eigenvalue weighted by Crippen LogP contribution is -2.22. The van der Waals surface area contributed by atoms with Crippen molar-refractivity contribution in [3.05, 3.63) is 59.5 Å². The van der Waals surface area contributed by atoms with Crippen molar-refractivity contribution in [3.8, 4) is 5.69 Å². The normalized spacial score (nSPS) is 15.2. The summed E-state index contributed by atoms with van der Waals surface area (Å²) in [6, 6.07) is 10.8. The molecule has 1 aromatic carbocycles. The first-order valence-corrected chi connectivity index (χ1v) is 10.0. The van der Waals surface area contributed by atoms with Gasteiger partial charge in [-0.2, -0.15) is 0 Å². The van der Waals surface area contributed by atoms with E-state index in [2.05, 4.69) is 81.1 Å². The Bertz CT molecular complexity index is 1080. The van der Waals surface area contributed by atoms with Gasteiger partial charge in [0.05, 0.1) is 29.0 Å². The average Bonchev–Trinajstić information content (AvgIpc) is 3.24. The lowest BCUT2D eigenvalue weighted by molar-refractivity contribution is 0.729. The second kappa shape index (κ2) is 6.42. The quantitative estimate of drug-likeness (QED) is 0.518. The molecule has 0 saturated heterocycles. The van der Waals surface area contributed by atoms with Gasteiger partial charge in [0, 0.05) is 13.0 Å². The molecule has 1 aliphatic carbocycles. The van der Waals surface area contributed by atoms with Crippen molar-refractivity contribution in [2.24, 2.45) is 0 Å². The van der Waals surface area contributed by atoms with Crippen LogP contribution in [0.2, 0.25) is 0 Å². The van der Waals surface area contributed by atoms with Crippen LogP contribution in [0.25, 0.3) is 15.9 Å². The summed E-state index contributed by atoms with van der Waals surface area (Å²) >= 11 is 1.64.